The summed E-state index contributed by atoms with van der Waals surface area (Å²) in [5.41, 5.74) is 1.12. The van der Waals surface area contributed by atoms with E-state index in [1.807, 2.05) is 0 Å². The molecule has 0 saturated heterocycles. The van der Waals surface area contributed by atoms with Crippen LogP contribution in [0.25, 0.3) is 0 Å². The van der Waals surface area contributed by atoms with Gasteiger partial charge in [0.1, 0.15) is 18.5 Å². The Morgan fingerprint density at radius 2 is 2.09 bits per heavy atom. The molecule has 0 aliphatic carbocycles. The van der Waals surface area contributed by atoms with Crippen molar-refractivity contribution in [2.24, 2.45) is 0 Å². The third-order valence-corrected chi connectivity index (χ3v) is 3.72. The number of aliphatic hydroxyl groups is 1. The molecule has 22 heavy (non-hydrogen) atoms. The fraction of sp³-hybridized carbons (Fsp3) is 0.467. The van der Waals surface area contributed by atoms with Crippen molar-refractivity contribution >= 4 is 11.8 Å². The van der Waals surface area contributed by atoms with Gasteiger partial charge in [0.15, 0.2) is 0 Å². The van der Waals surface area contributed by atoms with Crippen LogP contribution in [0.4, 0.5) is 4.39 Å². The molecular weight excluding hydrogens is 291 g/mol. The number of alkyl halides is 1. The Morgan fingerprint density at radius 3 is 2.68 bits per heavy atom. The van der Waals surface area contributed by atoms with Crippen molar-refractivity contribution in [3.05, 3.63) is 28.8 Å². The molecule has 0 unspecified atom stereocenters. The minimum atomic E-state index is -0.672. The van der Waals surface area contributed by atoms with Crippen LogP contribution in [0.5, 0.6) is 5.75 Å². The third-order valence-electron chi connectivity index (χ3n) is 3.72. The number of halogens is 1. The van der Waals surface area contributed by atoms with Gasteiger partial charge < -0.3 is 20.5 Å². The number of aliphatic hydroxyl groups excluding tert-OH is 1. The molecule has 0 radical (unpaired) electrons. The summed E-state index contributed by atoms with van der Waals surface area (Å²) in [5, 5.41) is 13.8. The van der Waals surface area contributed by atoms with Crippen LogP contribution < -0.4 is 15.4 Å². The number of nitrogens with one attached hydrogen (secondary N) is 2. The lowest BCUT2D eigenvalue weighted by Crippen LogP contribution is -2.27. The van der Waals surface area contributed by atoms with Crippen LogP contribution >= 0.6 is 0 Å². The first-order valence-electron chi connectivity index (χ1n) is 7.05. The summed E-state index contributed by atoms with van der Waals surface area (Å²) >= 11 is 0. The second-order valence-corrected chi connectivity index (χ2v) is 5.10. The van der Waals surface area contributed by atoms with Crippen LogP contribution in [-0.2, 0) is 0 Å². The predicted octanol–water partition coefficient (Wildman–Crippen LogP) is 0.602. The van der Waals surface area contributed by atoms with Gasteiger partial charge in [-0.2, -0.15) is 0 Å². The molecule has 0 fully saturated rings. The fourth-order valence-corrected chi connectivity index (χ4v) is 2.45. The lowest BCUT2D eigenvalue weighted by Gasteiger charge is -2.11. The van der Waals surface area contributed by atoms with Crippen molar-refractivity contribution in [3.8, 4) is 5.75 Å². The number of fused-ring (bicyclic) bond motifs is 1. The Hall–Kier alpha value is -2.15. The molecule has 1 aliphatic heterocycles. The van der Waals surface area contributed by atoms with E-state index in [4.69, 9.17) is 9.84 Å². The van der Waals surface area contributed by atoms with Crippen molar-refractivity contribution in [2.75, 3.05) is 26.9 Å². The summed E-state index contributed by atoms with van der Waals surface area (Å²) in [4.78, 5) is 24.1. The maximum Gasteiger partial charge on any atom is 0.254 e. The van der Waals surface area contributed by atoms with Crippen LogP contribution in [-0.4, -0.2) is 49.9 Å². The standard InChI is InChI=1S/C15H19FN2O4/c1-8-10-5-9(14(20)18-3-4-19)6-11(15(21)17-2)13(10)22-12(8)7-16/h5-6,8,12,19H,3-4,7H2,1-2H3,(H,17,21)(H,18,20)/t8-,12+/m0/s1. The van der Waals surface area contributed by atoms with Crippen molar-refractivity contribution in [1.29, 1.82) is 0 Å². The van der Waals surface area contributed by atoms with Gasteiger partial charge in [0.05, 0.1) is 12.2 Å². The Bertz CT molecular complexity index is 591. The van der Waals surface area contributed by atoms with Crippen LogP contribution in [0.15, 0.2) is 12.1 Å². The highest BCUT2D eigenvalue weighted by Crippen LogP contribution is 2.41. The quantitative estimate of drug-likeness (QED) is 0.743. The number of hydrogen-bond acceptors (Lipinski definition) is 4. The number of rotatable bonds is 5. The Morgan fingerprint density at radius 1 is 1.36 bits per heavy atom. The first kappa shape index (κ1) is 16.2. The van der Waals surface area contributed by atoms with E-state index in [1.54, 1.807) is 13.0 Å². The maximum absolute atomic E-state index is 13.0. The van der Waals surface area contributed by atoms with E-state index in [-0.39, 0.29) is 30.2 Å². The highest BCUT2D eigenvalue weighted by molar-refractivity contribution is 6.02. The van der Waals surface area contributed by atoms with E-state index in [1.165, 1.54) is 13.1 Å². The number of hydrogen-bond donors (Lipinski definition) is 3. The average Bonchev–Trinajstić information content (AvgIpc) is 2.87. The molecule has 3 N–H and O–H groups in total. The van der Waals surface area contributed by atoms with Crippen LogP contribution in [0.2, 0.25) is 0 Å². The second-order valence-electron chi connectivity index (χ2n) is 5.10. The summed E-state index contributed by atoms with van der Waals surface area (Å²) in [6.45, 7) is 1.06. The van der Waals surface area contributed by atoms with Gasteiger partial charge in [-0.15, -0.1) is 0 Å². The van der Waals surface area contributed by atoms with Gasteiger partial charge in [-0.3, -0.25) is 9.59 Å². The predicted molar refractivity (Wildman–Crippen MR) is 78.1 cm³/mol. The number of benzene rings is 1. The summed E-state index contributed by atoms with van der Waals surface area (Å²) in [6.07, 6.45) is -0.658. The van der Waals surface area contributed by atoms with Gasteiger partial charge >= 0.3 is 0 Å². The molecule has 1 heterocycles. The molecule has 0 aromatic heterocycles. The first-order chi connectivity index (χ1) is 10.5. The van der Waals surface area contributed by atoms with Crippen LogP contribution in [0.1, 0.15) is 39.1 Å². The summed E-state index contributed by atoms with van der Waals surface area (Å²) in [6, 6.07) is 3.02. The molecule has 7 heteroatoms. The molecule has 2 rings (SSSR count). The van der Waals surface area contributed by atoms with E-state index >= 15 is 0 Å². The first-order valence-corrected chi connectivity index (χ1v) is 7.05. The normalized spacial score (nSPS) is 19.3. The molecule has 1 aromatic rings. The minimum absolute atomic E-state index is 0.115. The van der Waals surface area contributed by atoms with E-state index in [2.05, 4.69) is 10.6 Å². The highest BCUT2D eigenvalue weighted by atomic mass is 19.1. The molecule has 6 nitrogen and oxygen atoms in total. The average molecular weight is 310 g/mol. The molecule has 1 aromatic carbocycles. The zero-order valence-corrected chi connectivity index (χ0v) is 12.5. The monoisotopic (exact) mass is 310 g/mol. The van der Waals surface area contributed by atoms with Crippen molar-refractivity contribution < 1.29 is 23.8 Å². The molecule has 0 spiro atoms. The fourth-order valence-electron chi connectivity index (χ4n) is 2.45. The zero-order valence-electron chi connectivity index (χ0n) is 12.5. The van der Waals surface area contributed by atoms with Gasteiger partial charge in [-0.1, -0.05) is 6.92 Å². The Balaban J connectivity index is 2.46. The lowest BCUT2D eigenvalue weighted by atomic mass is 9.94. The Labute approximate surface area is 127 Å². The molecule has 1 aliphatic rings. The third kappa shape index (κ3) is 2.89. The van der Waals surface area contributed by atoms with E-state index in [9.17, 15) is 14.0 Å². The molecule has 2 amide bonds. The molecule has 2 atom stereocenters. The molecular formula is C15H19FN2O4. The van der Waals surface area contributed by atoms with Crippen molar-refractivity contribution in [3.63, 3.8) is 0 Å². The van der Waals surface area contributed by atoms with Crippen LogP contribution in [0.3, 0.4) is 0 Å². The molecule has 0 saturated carbocycles. The van der Waals surface area contributed by atoms with Gasteiger partial charge in [-0.05, 0) is 12.1 Å². The minimum Gasteiger partial charge on any atom is -0.486 e. The zero-order chi connectivity index (χ0) is 16.3. The van der Waals surface area contributed by atoms with Gasteiger partial charge in [0.25, 0.3) is 11.8 Å². The summed E-state index contributed by atoms with van der Waals surface area (Å²) < 4.78 is 18.6. The largest absolute Gasteiger partial charge is 0.486 e. The highest BCUT2D eigenvalue weighted by Gasteiger charge is 2.35. The van der Waals surface area contributed by atoms with Crippen molar-refractivity contribution in [2.45, 2.75) is 18.9 Å². The lowest BCUT2D eigenvalue weighted by molar-refractivity contribution is 0.0944. The number of amides is 2. The van der Waals surface area contributed by atoms with Gasteiger partial charge in [-0.25, -0.2) is 4.39 Å². The van der Waals surface area contributed by atoms with E-state index < -0.39 is 24.6 Å². The van der Waals surface area contributed by atoms with Gasteiger partial charge in [0.2, 0.25) is 0 Å². The topological polar surface area (TPSA) is 87.7 Å². The molecule has 0 bridgehead atoms. The summed E-state index contributed by atoms with van der Waals surface area (Å²) in [5.74, 6) is -0.736. The second kappa shape index (κ2) is 6.74. The number of carbonyl (C=O) groups is 2. The summed E-state index contributed by atoms with van der Waals surface area (Å²) in [7, 11) is 1.47. The smallest absolute Gasteiger partial charge is 0.254 e. The maximum atomic E-state index is 13.0. The molecule has 120 valence electrons. The Kier molecular flexibility index (Phi) is 4.97. The van der Waals surface area contributed by atoms with E-state index in [0.29, 0.717) is 11.3 Å². The SMILES string of the molecule is CNC(=O)c1cc(C(=O)NCCO)cc2c1O[C@H](CF)[C@H]2C. The van der Waals surface area contributed by atoms with E-state index in [0.717, 1.165) is 0 Å². The van der Waals surface area contributed by atoms with Crippen LogP contribution in [0, 0.1) is 0 Å². The number of carbonyl (C=O) groups excluding carboxylic acids is 2. The number of ether oxygens (including phenoxy) is 1. The van der Waals surface area contributed by atoms with Gasteiger partial charge in [0, 0.05) is 30.6 Å². The van der Waals surface area contributed by atoms with Crippen molar-refractivity contribution in [1.82, 2.24) is 10.6 Å².